The zero-order valence-corrected chi connectivity index (χ0v) is 14.4. The van der Waals surface area contributed by atoms with E-state index in [1.54, 1.807) is 0 Å². The molecule has 0 bridgehead atoms. The van der Waals surface area contributed by atoms with E-state index in [0.717, 1.165) is 27.3 Å². The summed E-state index contributed by atoms with van der Waals surface area (Å²) < 4.78 is 5.93. The molecule has 1 aliphatic rings. The number of fused-ring (bicyclic) bond motifs is 3. The fraction of sp³-hybridized carbons (Fsp3) is 0.316. The molecule has 0 spiro atoms. The van der Waals surface area contributed by atoms with Gasteiger partial charge in [-0.05, 0) is 31.1 Å². The average Bonchev–Trinajstić information content (AvgIpc) is 3.36. The van der Waals surface area contributed by atoms with Gasteiger partial charge < -0.3 is 15.5 Å². The van der Waals surface area contributed by atoms with Crippen LogP contribution in [0.2, 0.25) is 0 Å². The molecule has 1 fully saturated rings. The minimum absolute atomic E-state index is 0. The van der Waals surface area contributed by atoms with E-state index in [0.29, 0.717) is 18.2 Å². The van der Waals surface area contributed by atoms with Crippen molar-refractivity contribution in [3.63, 3.8) is 0 Å². The predicted octanol–water partition coefficient (Wildman–Crippen LogP) is 3.78. The Hall–Kier alpha value is -2.04. The molecule has 4 rings (SSSR count). The third-order valence-electron chi connectivity index (χ3n) is 4.76. The Morgan fingerprint density at radius 1 is 1.25 bits per heavy atom. The number of hydrogen-bond acceptors (Lipinski definition) is 3. The third kappa shape index (κ3) is 2.87. The lowest BCUT2D eigenvalue weighted by Gasteiger charge is -2.10. The predicted molar refractivity (Wildman–Crippen MR) is 98.7 cm³/mol. The Kier molecular flexibility index (Phi) is 4.52. The Morgan fingerprint density at radius 2 is 2.00 bits per heavy atom. The van der Waals surface area contributed by atoms with E-state index in [1.165, 1.54) is 12.8 Å². The van der Waals surface area contributed by atoms with Gasteiger partial charge in [0, 0.05) is 28.9 Å². The number of furan rings is 1. The molecule has 0 saturated heterocycles. The van der Waals surface area contributed by atoms with Gasteiger partial charge in [0.1, 0.15) is 5.58 Å². The van der Waals surface area contributed by atoms with E-state index in [-0.39, 0.29) is 24.4 Å². The van der Waals surface area contributed by atoms with Crippen molar-refractivity contribution in [3.8, 4) is 0 Å². The van der Waals surface area contributed by atoms with Crippen LogP contribution in [0.3, 0.4) is 0 Å². The van der Waals surface area contributed by atoms with Crippen LogP contribution >= 0.6 is 12.4 Å². The number of nitrogens with two attached hydrogens (primary N) is 1. The molecule has 1 aromatic heterocycles. The molecule has 3 N–H and O–H groups in total. The third-order valence-corrected chi connectivity index (χ3v) is 4.76. The van der Waals surface area contributed by atoms with Crippen molar-refractivity contribution in [3.05, 3.63) is 47.7 Å². The van der Waals surface area contributed by atoms with Gasteiger partial charge in [0.05, 0.1) is 0 Å². The van der Waals surface area contributed by atoms with Crippen LogP contribution in [-0.4, -0.2) is 18.5 Å². The lowest BCUT2D eigenvalue weighted by molar-refractivity contribution is 0.0924. The van der Waals surface area contributed by atoms with Gasteiger partial charge in [-0.3, -0.25) is 4.79 Å². The number of nitrogens with one attached hydrogen (secondary N) is 1. The first kappa shape index (κ1) is 16.8. The molecular formula is C19H21ClN2O2. The minimum Gasteiger partial charge on any atom is -0.450 e. The number of carbonyl (C=O) groups excluding carboxylic acids is 1. The first-order chi connectivity index (χ1) is 11.1. The largest absolute Gasteiger partial charge is 0.450 e. The second-order valence-electron chi connectivity index (χ2n) is 6.43. The van der Waals surface area contributed by atoms with Crippen molar-refractivity contribution >= 4 is 40.1 Å². The first-order valence-corrected chi connectivity index (χ1v) is 8.10. The van der Waals surface area contributed by atoms with Gasteiger partial charge >= 0.3 is 0 Å². The zero-order valence-electron chi connectivity index (χ0n) is 13.5. The molecule has 1 atom stereocenters. The highest BCUT2D eigenvalue weighted by Crippen LogP contribution is 2.32. The van der Waals surface area contributed by atoms with Gasteiger partial charge in [-0.15, -0.1) is 12.4 Å². The highest BCUT2D eigenvalue weighted by molar-refractivity contribution is 6.08. The monoisotopic (exact) mass is 344 g/mol. The van der Waals surface area contributed by atoms with Crippen LogP contribution in [-0.2, 0) is 0 Å². The summed E-state index contributed by atoms with van der Waals surface area (Å²) in [7, 11) is 0. The van der Waals surface area contributed by atoms with Gasteiger partial charge in [0.2, 0.25) is 0 Å². The van der Waals surface area contributed by atoms with E-state index in [4.69, 9.17) is 10.2 Å². The zero-order chi connectivity index (χ0) is 16.0. The minimum atomic E-state index is -0.182. The van der Waals surface area contributed by atoms with E-state index in [1.807, 2.05) is 37.3 Å². The Balaban J connectivity index is 0.00000169. The molecule has 3 aromatic rings. The van der Waals surface area contributed by atoms with Crippen LogP contribution in [0.4, 0.5) is 0 Å². The molecular weight excluding hydrogens is 324 g/mol. The van der Waals surface area contributed by atoms with Crippen molar-refractivity contribution in [2.24, 2.45) is 11.7 Å². The van der Waals surface area contributed by atoms with Crippen LogP contribution in [0.15, 0.2) is 40.8 Å². The van der Waals surface area contributed by atoms with Gasteiger partial charge in [-0.1, -0.05) is 36.4 Å². The lowest BCUT2D eigenvalue weighted by Crippen LogP contribution is -2.38. The summed E-state index contributed by atoms with van der Waals surface area (Å²) in [6.07, 6.45) is 2.35. The molecule has 126 valence electrons. The number of carbonyl (C=O) groups is 1. The summed E-state index contributed by atoms with van der Waals surface area (Å²) in [5.74, 6) is 0.772. The van der Waals surface area contributed by atoms with Crippen molar-refractivity contribution in [1.82, 2.24) is 5.32 Å². The van der Waals surface area contributed by atoms with E-state index < -0.39 is 0 Å². The topological polar surface area (TPSA) is 68.3 Å². The maximum atomic E-state index is 12.5. The number of halogens is 1. The van der Waals surface area contributed by atoms with Gasteiger partial charge in [0.25, 0.3) is 5.91 Å². The van der Waals surface area contributed by atoms with E-state index >= 15 is 0 Å². The van der Waals surface area contributed by atoms with Crippen LogP contribution in [0, 0.1) is 12.8 Å². The summed E-state index contributed by atoms with van der Waals surface area (Å²) >= 11 is 0. The summed E-state index contributed by atoms with van der Waals surface area (Å²) in [6, 6.07) is 12.2. The van der Waals surface area contributed by atoms with E-state index in [2.05, 4.69) is 11.4 Å². The molecule has 4 nitrogen and oxygen atoms in total. The fourth-order valence-electron chi connectivity index (χ4n) is 3.15. The number of benzene rings is 2. The molecule has 0 aliphatic heterocycles. The SMILES string of the molecule is Cc1c(C(=O)NCC(N)C2CC2)oc2c1ccc1ccccc12.Cl. The highest BCUT2D eigenvalue weighted by Gasteiger charge is 2.29. The lowest BCUT2D eigenvalue weighted by atomic mass is 10.1. The number of aryl methyl sites for hydroxylation is 1. The molecule has 0 radical (unpaired) electrons. The molecule has 1 heterocycles. The normalized spacial score (nSPS) is 15.2. The fourth-order valence-corrected chi connectivity index (χ4v) is 3.15. The summed E-state index contributed by atoms with van der Waals surface area (Å²) in [5.41, 5.74) is 7.70. The molecule has 1 unspecified atom stereocenters. The highest BCUT2D eigenvalue weighted by atomic mass is 35.5. The van der Waals surface area contributed by atoms with Crippen LogP contribution in [0.25, 0.3) is 21.7 Å². The van der Waals surface area contributed by atoms with Crippen molar-refractivity contribution in [2.45, 2.75) is 25.8 Å². The summed E-state index contributed by atoms with van der Waals surface area (Å²) in [5, 5.41) is 6.04. The van der Waals surface area contributed by atoms with Gasteiger partial charge in [0.15, 0.2) is 5.76 Å². The standard InChI is InChI=1S/C19H20N2O2.ClH/c1-11-14-9-8-12-4-2-3-5-15(12)18(14)23-17(11)19(22)21-10-16(20)13-6-7-13;/h2-5,8-9,13,16H,6-7,10,20H2,1H3,(H,21,22);1H. The maximum Gasteiger partial charge on any atom is 0.287 e. The molecule has 1 amide bonds. The Labute approximate surface area is 146 Å². The molecule has 24 heavy (non-hydrogen) atoms. The molecule has 2 aromatic carbocycles. The van der Waals surface area contributed by atoms with Crippen molar-refractivity contribution in [2.75, 3.05) is 6.54 Å². The van der Waals surface area contributed by atoms with E-state index in [9.17, 15) is 4.79 Å². The second-order valence-corrected chi connectivity index (χ2v) is 6.43. The maximum absolute atomic E-state index is 12.5. The number of rotatable bonds is 4. The van der Waals surface area contributed by atoms with Crippen LogP contribution in [0.1, 0.15) is 29.0 Å². The van der Waals surface area contributed by atoms with Crippen LogP contribution < -0.4 is 11.1 Å². The van der Waals surface area contributed by atoms with Crippen LogP contribution in [0.5, 0.6) is 0 Å². The quantitative estimate of drug-likeness (QED) is 0.756. The smallest absolute Gasteiger partial charge is 0.287 e. The Bertz CT molecular complexity index is 899. The number of amides is 1. The first-order valence-electron chi connectivity index (χ1n) is 8.10. The second kappa shape index (κ2) is 6.46. The molecule has 1 saturated carbocycles. The molecule has 1 aliphatic carbocycles. The summed E-state index contributed by atoms with van der Waals surface area (Å²) in [6.45, 7) is 2.43. The van der Waals surface area contributed by atoms with Gasteiger partial charge in [-0.2, -0.15) is 0 Å². The average molecular weight is 345 g/mol. The number of hydrogen-bond donors (Lipinski definition) is 2. The van der Waals surface area contributed by atoms with Crippen molar-refractivity contribution < 1.29 is 9.21 Å². The Morgan fingerprint density at radius 3 is 2.75 bits per heavy atom. The summed E-state index contributed by atoms with van der Waals surface area (Å²) in [4.78, 5) is 12.5. The molecule has 5 heteroatoms. The van der Waals surface area contributed by atoms with Crippen molar-refractivity contribution in [1.29, 1.82) is 0 Å². The van der Waals surface area contributed by atoms with Gasteiger partial charge in [-0.25, -0.2) is 0 Å².